The Kier molecular flexibility index (Phi) is 7.55. The minimum Gasteiger partial charge on any atom is -0.325 e. The number of carbonyl (C=O) groups is 1. The normalized spacial score (nSPS) is 17.6. The fourth-order valence-corrected chi connectivity index (χ4v) is 5.78. The predicted octanol–water partition coefficient (Wildman–Crippen LogP) is 4.65. The van der Waals surface area contributed by atoms with Gasteiger partial charge in [-0.3, -0.25) is 4.79 Å². The second kappa shape index (κ2) is 9.94. The van der Waals surface area contributed by atoms with Crippen molar-refractivity contribution >= 4 is 33.2 Å². The zero-order valence-corrected chi connectivity index (χ0v) is 19.1. The highest BCUT2D eigenvalue weighted by atomic mass is 35.5. The molecular formula is C23H29ClN2O3S. The van der Waals surface area contributed by atoms with Crippen molar-refractivity contribution in [3.8, 4) is 0 Å². The standard InChI is InChI=1S/C23H29ClN2O3S/c1-3-18-9-6-10-19(4-2)22(18)25-23(27)20-11-7-13-26(15-20)30(28,29)16-17-8-5-12-21(24)14-17/h5-6,8-10,12,14,20H,3-4,7,11,13,15-16H2,1-2H3,(H,25,27)/t20-/m0/s1. The number of carbonyl (C=O) groups excluding carboxylic acids is 1. The molecule has 0 saturated carbocycles. The van der Waals surface area contributed by atoms with Crippen LogP contribution in [0.1, 0.15) is 43.4 Å². The lowest BCUT2D eigenvalue weighted by molar-refractivity contribution is -0.120. The Balaban J connectivity index is 1.72. The molecule has 0 aromatic heterocycles. The number of hydrogen-bond acceptors (Lipinski definition) is 3. The maximum Gasteiger partial charge on any atom is 0.228 e. The van der Waals surface area contributed by atoms with Crippen molar-refractivity contribution in [1.29, 1.82) is 0 Å². The van der Waals surface area contributed by atoms with E-state index in [4.69, 9.17) is 11.6 Å². The summed E-state index contributed by atoms with van der Waals surface area (Å²) in [7, 11) is -3.52. The van der Waals surface area contributed by atoms with E-state index in [0.717, 1.165) is 29.7 Å². The van der Waals surface area contributed by atoms with Crippen LogP contribution >= 0.6 is 11.6 Å². The van der Waals surface area contributed by atoms with E-state index in [1.165, 1.54) is 4.31 Å². The van der Waals surface area contributed by atoms with E-state index in [1.54, 1.807) is 24.3 Å². The molecule has 0 spiro atoms. The van der Waals surface area contributed by atoms with E-state index < -0.39 is 10.0 Å². The largest absolute Gasteiger partial charge is 0.325 e. The Bertz CT molecular complexity index is 985. The molecule has 1 heterocycles. The molecule has 1 atom stereocenters. The molecule has 30 heavy (non-hydrogen) atoms. The molecule has 1 amide bonds. The van der Waals surface area contributed by atoms with E-state index in [2.05, 4.69) is 19.2 Å². The van der Waals surface area contributed by atoms with Crippen LogP contribution in [0.4, 0.5) is 5.69 Å². The van der Waals surface area contributed by atoms with Crippen LogP contribution in [0, 0.1) is 5.92 Å². The minimum atomic E-state index is -3.52. The third-order valence-electron chi connectivity index (χ3n) is 5.63. The van der Waals surface area contributed by atoms with Gasteiger partial charge in [-0.05, 0) is 54.5 Å². The van der Waals surface area contributed by atoms with Gasteiger partial charge in [0.1, 0.15) is 0 Å². The van der Waals surface area contributed by atoms with E-state index >= 15 is 0 Å². The summed E-state index contributed by atoms with van der Waals surface area (Å²) in [6, 6.07) is 13.0. The van der Waals surface area contributed by atoms with Crippen LogP contribution in [-0.2, 0) is 33.4 Å². The smallest absolute Gasteiger partial charge is 0.228 e. The van der Waals surface area contributed by atoms with Crippen LogP contribution in [0.2, 0.25) is 5.02 Å². The molecule has 1 saturated heterocycles. The molecule has 162 valence electrons. The Labute approximate surface area is 184 Å². The van der Waals surface area contributed by atoms with Crippen molar-refractivity contribution in [2.24, 2.45) is 5.92 Å². The van der Waals surface area contributed by atoms with Gasteiger partial charge in [-0.1, -0.05) is 55.8 Å². The zero-order chi connectivity index (χ0) is 21.7. The molecule has 7 heteroatoms. The molecular weight excluding hydrogens is 420 g/mol. The lowest BCUT2D eigenvalue weighted by atomic mass is 9.97. The van der Waals surface area contributed by atoms with Crippen molar-refractivity contribution in [2.45, 2.75) is 45.3 Å². The van der Waals surface area contributed by atoms with Crippen LogP contribution in [0.3, 0.4) is 0 Å². The molecule has 2 aromatic carbocycles. The van der Waals surface area contributed by atoms with Gasteiger partial charge in [0.15, 0.2) is 0 Å². The molecule has 5 nitrogen and oxygen atoms in total. The average Bonchev–Trinajstić information content (AvgIpc) is 2.73. The van der Waals surface area contributed by atoms with Gasteiger partial charge in [0, 0.05) is 23.8 Å². The first-order valence-corrected chi connectivity index (χ1v) is 12.5. The van der Waals surface area contributed by atoms with Gasteiger partial charge >= 0.3 is 0 Å². The summed E-state index contributed by atoms with van der Waals surface area (Å²) in [5.74, 6) is -0.573. The van der Waals surface area contributed by atoms with Crippen LogP contribution in [0.5, 0.6) is 0 Å². The first-order chi connectivity index (χ1) is 14.3. The maximum atomic E-state index is 13.0. The summed E-state index contributed by atoms with van der Waals surface area (Å²) in [6.45, 7) is 4.79. The van der Waals surface area contributed by atoms with Crippen molar-refractivity contribution in [3.05, 3.63) is 64.2 Å². The number of para-hydroxylation sites is 1. The highest BCUT2D eigenvalue weighted by Gasteiger charge is 2.32. The third-order valence-corrected chi connectivity index (χ3v) is 7.69. The van der Waals surface area contributed by atoms with Gasteiger partial charge < -0.3 is 5.32 Å². The van der Waals surface area contributed by atoms with E-state index in [9.17, 15) is 13.2 Å². The number of nitrogens with zero attached hydrogens (tertiary/aromatic N) is 1. The number of rotatable bonds is 7. The first-order valence-electron chi connectivity index (χ1n) is 10.5. The number of amides is 1. The molecule has 0 radical (unpaired) electrons. The third kappa shape index (κ3) is 5.42. The van der Waals surface area contributed by atoms with Gasteiger partial charge in [-0.2, -0.15) is 0 Å². The first kappa shape index (κ1) is 22.8. The molecule has 1 aliphatic rings. The summed E-state index contributed by atoms with van der Waals surface area (Å²) in [4.78, 5) is 13.0. The lowest BCUT2D eigenvalue weighted by Crippen LogP contribution is -2.44. The number of benzene rings is 2. The number of aryl methyl sites for hydroxylation is 2. The Hall–Kier alpha value is -1.89. The average molecular weight is 449 g/mol. The molecule has 1 aliphatic heterocycles. The van der Waals surface area contributed by atoms with E-state index in [-0.39, 0.29) is 24.1 Å². The van der Waals surface area contributed by atoms with Gasteiger partial charge in [0.2, 0.25) is 15.9 Å². The van der Waals surface area contributed by atoms with Crippen LogP contribution in [0.15, 0.2) is 42.5 Å². The number of sulfonamides is 1. The second-order valence-electron chi connectivity index (χ2n) is 7.73. The van der Waals surface area contributed by atoms with Crippen LogP contribution in [0.25, 0.3) is 0 Å². The maximum absolute atomic E-state index is 13.0. The van der Waals surface area contributed by atoms with Gasteiger partial charge in [0.05, 0.1) is 11.7 Å². The Morgan fingerprint density at radius 2 is 1.80 bits per heavy atom. The highest BCUT2D eigenvalue weighted by Crippen LogP contribution is 2.27. The van der Waals surface area contributed by atoms with Gasteiger partial charge in [0.25, 0.3) is 0 Å². The number of nitrogens with one attached hydrogen (secondary N) is 1. The van der Waals surface area contributed by atoms with E-state index in [1.807, 2.05) is 18.2 Å². The highest BCUT2D eigenvalue weighted by molar-refractivity contribution is 7.88. The van der Waals surface area contributed by atoms with Crippen molar-refractivity contribution in [3.63, 3.8) is 0 Å². The summed E-state index contributed by atoms with van der Waals surface area (Å²) in [6.07, 6.45) is 3.01. The van der Waals surface area contributed by atoms with E-state index in [0.29, 0.717) is 30.0 Å². The zero-order valence-electron chi connectivity index (χ0n) is 17.5. The SMILES string of the molecule is CCc1cccc(CC)c1NC(=O)[C@H]1CCCN(S(=O)(=O)Cc2cccc(Cl)c2)C1. The fourth-order valence-electron chi connectivity index (χ4n) is 3.97. The number of piperidine rings is 1. The predicted molar refractivity (Wildman–Crippen MR) is 122 cm³/mol. The molecule has 3 rings (SSSR count). The van der Waals surface area contributed by atoms with Crippen LogP contribution < -0.4 is 5.32 Å². The molecule has 0 bridgehead atoms. The second-order valence-corrected chi connectivity index (χ2v) is 10.1. The Morgan fingerprint density at radius 3 is 2.43 bits per heavy atom. The fraction of sp³-hybridized carbons (Fsp3) is 0.435. The Morgan fingerprint density at radius 1 is 1.13 bits per heavy atom. The van der Waals surface area contributed by atoms with Crippen molar-refractivity contribution in [2.75, 3.05) is 18.4 Å². The summed E-state index contributed by atoms with van der Waals surface area (Å²) in [5.41, 5.74) is 3.73. The summed E-state index contributed by atoms with van der Waals surface area (Å²) >= 11 is 5.99. The monoisotopic (exact) mass is 448 g/mol. The van der Waals surface area contributed by atoms with Gasteiger partial charge in [-0.25, -0.2) is 12.7 Å². The van der Waals surface area contributed by atoms with Crippen LogP contribution in [-0.4, -0.2) is 31.7 Å². The summed E-state index contributed by atoms with van der Waals surface area (Å²) in [5, 5.41) is 3.62. The molecule has 1 N–H and O–H groups in total. The number of hydrogen-bond donors (Lipinski definition) is 1. The lowest BCUT2D eigenvalue weighted by Gasteiger charge is -2.31. The minimum absolute atomic E-state index is 0.103. The van der Waals surface area contributed by atoms with Crippen molar-refractivity contribution in [1.82, 2.24) is 4.31 Å². The number of halogens is 1. The molecule has 0 unspecified atom stereocenters. The summed E-state index contributed by atoms with van der Waals surface area (Å²) < 4.78 is 27.3. The number of anilines is 1. The molecule has 0 aliphatic carbocycles. The van der Waals surface area contributed by atoms with Gasteiger partial charge in [-0.15, -0.1) is 0 Å². The quantitative estimate of drug-likeness (QED) is 0.670. The topological polar surface area (TPSA) is 66.5 Å². The molecule has 2 aromatic rings. The van der Waals surface area contributed by atoms with Crippen molar-refractivity contribution < 1.29 is 13.2 Å². The molecule has 1 fully saturated rings.